The first kappa shape index (κ1) is 21.9. The van der Waals surface area contributed by atoms with E-state index in [2.05, 4.69) is 15.6 Å². The van der Waals surface area contributed by atoms with Crippen LogP contribution in [0.3, 0.4) is 0 Å². The second-order valence-electron chi connectivity index (χ2n) is 6.37. The van der Waals surface area contributed by atoms with Crippen molar-refractivity contribution < 1.29 is 27.4 Å². The Hall–Kier alpha value is -3.82. The van der Waals surface area contributed by atoms with Crippen LogP contribution >= 0.6 is 0 Å². The third-order valence-corrected chi connectivity index (χ3v) is 4.06. The van der Waals surface area contributed by atoms with Crippen molar-refractivity contribution in [1.29, 1.82) is 0 Å². The van der Waals surface area contributed by atoms with Gasteiger partial charge in [0.15, 0.2) is 17.2 Å². The molecule has 0 bridgehead atoms. The van der Waals surface area contributed by atoms with Crippen molar-refractivity contribution in [3.63, 3.8) is 0 Å². The number of amides is 1. The van der Waals surface area contributed by atoms with Crippen molar-refractivity contribution in [2.75, 3.05) is 7.11 Å². The van der Waals surface area contributed by atoms with E-state index in [1.807, 2.05) is 30.3 Å². The van der Waals surface area contributed by atoms with Crippen LogP contribution in [0, 0.1) is 0 Å². The fraction of sp³-hybridized carbons (Fsp3) is 0.190. The van der Waals surface area contributed by atoms with Crippen molar-refractivity contribution in [2.24, 2.45) is 5.10 Å². The average molecular weight is 432 g/mol. The van der Waals surface area contributed by atoms with Crippen molar-refractivity contribution in [3.8, 4) is 11.5 Å². The summed E-state index contributed by atoms with van der Waals surface area (Å²) < 4.78 is 49.6. The molecule has 1 N–H and O–H groups in total. The molecule has 0 aliphatic heterocycles. The molecule has 1 aromatic heterocycles. The van der Waals surface area contributed by atoms with Gasteiger partial charge in [-0.25, -0.2) is 5.43 Å². The highest BCUT2D eigenvalue weighted by atomic mass is 19.4. The normalized spacial score (nSPS) is 11.5. The molecule has 10 heteroatoms. The van der Waals surface area contributed by atoms with Crippen molar-refractivity contribution in [2.45, 2.75) is 19.3 Å². The molecular formula is C21H19F3N4O3. The quantitative estimate of drug-likeness (QED) is 0.436. The average Bonchev–Trinajstić information content (AvgIpc) is 3.22. The monoisotopic (exact) mass is 432 g/mol. The number of methoxy groups -OCH3 is 1. The van der Waals surface area contributed by atoms with E-state index < -0.39 is 24.3 Å². The molecule has 1 amide bonds. The van der Waals surface area contributed by atoms with Crippen LogP contribution in [0.4, 0.5) is 13.2 Å². The minimum absolute atomic E-state index is 0.379. The Morgan fingerprint density at radius 3 is 2.61 bits per heavy atom. The molecule has 0 fully saturated rings. The van der Waals surface area contributed by atoms with Gasteiger partial charge in [0.25, 0.3) is 5.91 Å². The largest absolute Gasteiger partial charge is 0.493 e. The van der Waals surface area contributed by atoms with Crippen LogP contribution in [0.25, 0.3) is 0 Å². The van der Waals surface area contributed by atoms with Gasteiger partial charge in [-0.05, 0) is 35.4 Å². The highest BCUT2D eigenvalue weighted by molar-refractivity contribution is 5.83. The minimum Gasteiger partial charge on any atom is -0.493 e. The van der Waals surface area contributed by atoms with E-state index in [1.165, 1.54) is 13.3 Å². The molecule has 0 spiro atoms. The van der Waals surface area contributed by atoms with Gasteiger partial charge in [0.2, 0.25) is 0 Å². The fourth-order valence-electron chi connectivity index (χ4n) is 2.58. The van der Waals surface area contributed by atoms with Gasteiger partial charge in [-0.15, -0.1) is 0 Å². The molecule has 0 radical (unpaired) electrons. The number of hydrazone groups is 1. The van der Waals surface area contributed by atoms with Gasteiger partial charge >= 0.3 is 6.18 Å². The molecule has 0 aliphatic rings. The summed E-state index contributed by atoms with van der Waals surface area (Å²) in [6.45, 7) is -0.0207. The molecule has 7 nitrogen and oxygen atoms in total. The molecule has 3 rings (SSSR count). The van der Waals surface area contributed by atoms with Crippen LogP contribution in [0.2, 0.25) is 0 Å². The Morgan fingerprint density at radius 2 is 1.94 bits per heavy atom. The Bertz CT molecular complexity index is 1050. The van der Waals surface area contributed by atoms with E-state index in [9.17, 15) is 18.0 Å². The van der Waals surface area contributed by atoms with Gasteiger partial charge in [-0.3, -0.25) is 9.48 Å². The number of carbonyl (C=O) groups excluding carboxylic acids is 1. The molecule has 1 heterocycles. The molecule has 162 valence electrons. The van der Waals surface area contributed by atoms with Gasteiger partial charge in [0.05, 0.1) is 13.3 Å². The summed E-state index contributed by atoms with van der Waals surface area (Å²) in [5, 5.41) is 7.12. The van der Waals surface area contributed by atoms with Gasteiger partial charge in [-0.1, -0.05) is 30.3 Å². The second kappa shape index (κ2) is 9.79. The number of halogens is 3. The van der Waals surface area contributed by atoms with Crippen LogP contribution in [-0.4, -0.2) is 29.0 Å². The first-order valence-electron chi connectivity index (χ1n) is 9.12. The van der Waals surface area contributed by atoms with Crippen molar-refractivity contribution in [1.82, 2.24) is 15.2 Å². The molecule has 0 saturated heterocycles. The predicted molar refractivity (Wildman–Crippen MR) is 107 cm³/mol. The van der Waals surface area contributed by atoms with Crippen molar-refractivity contribution in [3.05, 3.63) is 77.6 Å². The number of hydrogen-bond acceptors (Lipinski definition) is 5. The second-order valence-corrected chi connectivity index (χ2v) is 6.37. The van der Waals surface area contributed by atoms with Crippen LogP contribution < -0.4 is 14.9 Å². The lowest BCUT2D eigenvalue weighted by Gasteiger charge is -2.11. The maximum Gasteiger partial charge on any atom is 0.435 e. The van der Waals surface area contributed by atoms with Gasteiger partial charge in [0.1, 0.15) is 13.2 Å². The van der Waals surface area contributed by atoms with Crippen LogP contribution in [0.15, 0.2) is 65.9 Å². The van der Waals surface area contributed by atoms with Crippen LogP contribution in [0.1, 0.15) is 16.8 Å². The molecule has 2 aromatic carbocycles. The molecule has 0 unspecified atom stereocenters. The first-order chi connectivity index (χ1) is 14.8. The Balaban J connectivity index is 1.55. The van der Waals surface area contributed by atoms with Crippen molar-refractivity contribution >= 4 is 12.1 Å². The van der Waals surface area contributed by atoms with E-state index in [-0.39, 0.29) is 0 Å². The molecule has 0 atom stereocenters. The van der Waals surface area contributed by atoms with E-state index >= 15 is 0 Å². The summed E-state index contributed by atoms with van der Waals surface area (Å²) in [5.41, 5.74) is 2.82. The summed E-state index contributed by atoms with van der Waals surface area (Å²) in [4.78, 5) is 11.8. The number of alkyl halides is 3. The lowest BCUT2D eigenvalue weighted by atomic mass is 10.2. The lowest BCUT2D eigenvalue weighted by molar-refractivity contribution is -0.141. The third kappa shape index (κ3) is 6.33. The first-order valence-corrected chi connectivity index (χ1v) is 9.12. The minimum atomic E-state index is -4.56. The topological polar surface area (TPSA) is 77.7 Å². The molecule has 3 aromatic rings. The maximum absolute atomic E-state index is 12.5. The smallest absolute Gasteiger partial charge is 0.435 e. The highest BCUT2D eigenvalue weighted by Gasteiger charge is 2.33. The van der Waals surface area contributed by atoms with E-state index in [0.717, 1.165) is 22.5 Å². The van der Waals surface area contributed by atoms with E-state index in [0.29, 0.717) is 23.7 Å². The molecular weight excluding hydrogens is 413 g/mol. The Kier molecular flexibility index (Phi) is 6.91. The standard InChI is InChI=1S/C21H19F3N4O3/c1-30-18-11-16(7-8-17(18)31-14-15-5-3-2-4-6-15)12-25-26-20(29)13-28-10-9-19(27-28)21(22,23)24/h2-12H,13-14H2,1H3,(H,26,29)/b25-12-. The molecule has 0 saturated carbocycles. The highest BCUT2D eigenvalue weighted by Crippen LogP contribution is 2.28. The maximum atomic E-state index is 12.5. The zero-order valence-electron chi connectivity index (χ0n) is 16.5. The molecule has 0 aliphatic carbocycles. The number of benzene rings is 2. The SMILES string of the molecule is COc1cc(/C=N\NC(=O)Cn2ccc(C(F)(F)F)n2)ccc1OCc1ccccc1. The number of ether oxygens (including phenoxy) is 2. The van der Waals surface area contributed by atoms with Gasteiger partial charge in [0, 0.05) is 6.20 Å². The summed E-state index contributed by atoms with van der Waals surface area (Å²) >= 11 is 0. The van der Waals surface area contributed by atoms with Gasteiger partial charge in [-0.2, -0.15) is 23.4 Å². The Morgan fingerprint density at radius 1 is 1.16 bits per heavy atom. The number of nitrogens with zero attached hydrogens (tertiary/aromatic N) is 3. The zero-order chi connectivity index (χ0) is 22.3. The number of hydrogen-bond donors (Lipinski definition) is 1. The molecule has 31 heavy (non-hydrogen) atoms. The summed E-state index contributed by atoms with van der Waals surface area (Å²) in [6, 6.07) is 15.6. The van der Waals surface area contributed by atoms with Crippen LogP contribution in [0.5, 0.6) is 11.5 Å². The Labute approximate surface area is 176 Å². The number of nitrogens with one attached hydrogen (secondary N) is 1. The van der Waals surface area contributed by atoms with E-state index in [1.54, 1.807) is 18.2 Å². The van der Waals surface area contributed by atoms with Crippen LogP contribution in [-0.2, 0) is 24.1 Å². The van der Waals surface area contributed by atoms with Gasteiger partial charge < -0.3 is 9.47 Å². The summed E-state index contributed by atoms with van der Waals surface area (Å²) in [7, 11) is 1.51. The number of aromatic nitrogens is 2. The fourth-order valence-corrected chi connectivity index (χ4v) is 2.58. The third-order valence-electron chi connectivity index (χ3n) is 4.06. The summed E-state index contributed by atoms with van der Waals surface area (Å²) in [6.07, 6.45) is -2.10. The van der Waals surface area contributed by atoms with E-state index in [4.69, 9.17) is 9.47 Å². The number of carbonyl (C=O) groups is 1. The zero-order valence-corrected chi connectivity index (χ0v) is 16.5. The predicted octanol–water partition coefficient (Wildman–Crippen LogP) is 3.64. The number of rotatable bonds is 8. The summed E-state index contributed by atoms with van der Waals surface area (Å²) in [5.74, 6) is 0.414. The lowest BCUT2D eigenvalue weighted by Crippen LogP contribution is -2.23.